The second-order valence-corrected chi connectivity index (χ2v) is 21.7. The Bertz CT molecular complexity index is 2130. The molecule has 20 heteroatoms. The number of hydrogen-bond donors (Lipinski definition) is 8. The number of amides is 7. The molecule has 68 heavy (non-hydrogen) atoms. The van der Waals surface area contributed by atoms with Gasteiger partial charge in [0.05, 0.1) is 6.10 Å². The standard InChI is InChI=1S/C48H75N11O8.Co/c1-23(60)22-55-38(67)16-17-45(6)29(18-35(52)64)43-48(9)47(8,21-37(54)66)28(12-15-34(51)63)40(59-48)25(3)42-46(7,20-36(53)65)26(10-13-32(49)61)30(56-42)19-31-44(4,5)27(11-14-33(50)62)39(57-31)24(2)41(45)58-43;/h19,23,26-29,31,41-43,60H,10-18,20-22H2,1-9H3,(H2,49,61)(H2,50,62)(H2,51,63)(H2,52,64)(H2,53,65)(H2,54,66)(H,55,67);/q-4;/b30-19-,39-24-,40-25-;/t23-,26-,27-,28-,29+,31?,41?,42?,43-,45-,46+,47+,48+;/m1./s1. The molecule has 1 radical (unpaired) electrons. The van der Waals surface area contributed by atoms with Crippen molar-refractivity contribution in [1.82, 2.24) is 5.32 Å². The van der Waals surface area contributed by atoms with Crippen molar-refractivity contribution < 1.29 is 55.4 Å². The Morgan fingerprint density at radius 3 is 1.72 bits per heavy atom. The van der Waals surface area contributed by atoms with Crippen molar-refractivity contribution in [2.24, 2.45) is 79.7 Å². The molecule has 8 bridgehead atoms. The van der Waals surface area contributed by atoms with Gasteiger partial charge >= 0.3 is 0 Å². The monoisotopic (exact) mass is 993 g/mol. The zero-order valence-electron chi connectivity index (χ0n) is 41.2. The van der Waals surface area contributed by atoms with Crippen molar-refractivity contribution in [3.63, 3.8) is 0 Å². The maximum Gasteiger partial charge on any atom is 0.220 e. The molecule has 4 fully saturated rings. The van der Waals surface area contributed by atoms with E-state index >= 15 is 0 Å². The van der Waals surface area contributed by atoms with Gasteiger partial charge in [-0.25, -0.2) is 0 Å². The predicted molar refractivity (Wildman–Crippen MR) is 253 cm³/mol. The first-order chi connectivity index (χ1) is 30.9. The number of nitrogens with zero attached hydrogens (tertiary/aromatic N) is 4. The van der Waals surface area contributed by atoms with E-state index in [4.69, 9.17) is 55.7 Å². The second kappa shape index (κ2) is 20.7. The Morgan fingerprint density at radius 1 is 0.676 bits per heavy atom. The molecule has 5 heterocycles. The van der Waals surface area contributed by atoms with Crippen molar-refractivity contribution in [2.45, 2.75) is 169 Å². The van der Waals surface area contributed by atoms with Crippen LogP contribution in [0.4, 0.5) is 0 Å². The van der Waals surface area contributed by atoms with Gasteiger partial charge in [0, 0.05) is 68.3 Å². The number of nitrogens with one attached hydrogen (secondary N) is 1. The summed E-state index contributed by atoms with van der Waals surface area (Å²) in [6, 6.07) is -2.93. The van der Waals surface area contributed by atoms with E-state index in [2.05, 4.69) is 19.2 Å². The number of fused-ring (bicyclic) bond motifs is 9. The van der Waals surface area contributed by atoms with Gasteiger partial charge in [0.2, 0.25) is 41.4 Å². The van der Waals surface area contributed by atoms with E-state index in [-0.39, 0.29) is 99.4 Å². The number of allylic oxidation sites excluding steroid dienone is 3. The van der Waals surface area contributed by atoms with Gasteiger partial charge in [-0.3, -0.25) is 33.6 Å². The molecule has 0 aromatic heterocycles. The molecule has 3 unspecified atom stereocenters. The smallest absolute Gasteiger partial charge is 0.220 e. The van der Waals surface area contributed by atoms with E-state index in [1.54, 1.807) is 6.92 Å². The molecule has 5 rings (SSSR count). The largest absolute Gasteiger partial charge is 0.683 e. The molecule has 4 saturated heterocycles. The third-order valence-electron chi connectivity index (χ3n) is 16.7. The molecule has 0 saturated carbocycles. The van der Waals surface area contributed by atoms with Crippen molar-refractivity contribution in [1.29, 1.82) is 0 Å². The van der Waals surface area contributed by atoms with Gasteiger partial charge in [-0.15, -0.1) is 34.8 Å². The second-order valence-electron chi connectivity index (χ2n) is 21.7. The average Bonchev–Trinajstić information content (AvgIpc) is 3.80. The summed E-state index contributed by atoms with van der Waals surface area (Å²) in [6.07, 6.45) is 1.49. The fourth-order valence-electron chi connectivity index (χ4n) is 12.9. The van der Waals surface area contributed by atoms with E-state index < -0.39 is 111 Å². The fraction of sp³-hybridized carbons (Fsp3) is 0.729. The molecule has 5 aliphatic heterocycles. The maximum atomic E-state index is 13.5. The number of aliphatic hydroxyl groups excluding tert-OH is 1. The molecule has 383 valence electrons. The SMILES string of the molecule is C/C1=C2/[N-]C(/C=C3\[N-]C(/C(C)=C4\[N-][C@@](C)([C@@H]5[N-]C1[C@](C)(CCC(=O)NC[C@@H](C)O)[C@H]5CC(N)=O)[C@@](C)(CC(N)=O)[C@@H]4CCC(N)=O)[C@@](C)(CC(N)=O)[C@@H]3CCC(N)=O)C(C)(C)[C@@H]2CCC(N)=O.[Co]. The van der Waals surface area contributed by atoms with Crippen LogP contribution in [0.15, 0.2) is 34.3 Å². The molecule has 13 atom stereocenters. The summed E-state index contributed by atoms with van der Waals surface area (Å²) in [5.74, 6) is -6.06. The first-order valence-electron chi connectivity index (χ1n) is 23.6. The molecule has 5 aliphatic rings. The van der Waals surface area contributed by atoms with Gasteiger partial charge in [0.15, 0.2) is 0 Å². The Hall–Kier alpha value is -4.66. The van der Waals surface area contributed by atoms with E-state index in [1.165, 1.54) is 0 Å². The quantitative estimate of drug-likeness (QED) is 0.0891. The molecule has 0 spiro atoms. The van der Waals surface area contributed by atoms with Crippen LogP contribution in [-0.2, 0) is 50.3 Å². The van der Waals surface area contributed by atoms with Crippen LogP contribution in [-0.4, -0.2) is 88.8 Å². The number of aliphatic hydroxyl groups is 1. The average molecular weight is 993 g/mol. The molecule has 7 amide bonds. The molecule has 19 nitrogen and oxygen atoms in total. The van der Waals surface area contributed by atoms with Gasteiger partial charge in [-0.05, 0) is 91.8 Å². The van der Waals surface area contributed by atoms with Crippen molar-refractivity contribution in [3.8, 4) is 0 Å². The molecular formula is C48H75CoN11O8-4. The summed E-state index contributed by atoms with van der Waals surface area (Å²) >= 11 is 0. The zero-order valence-corrected chi connectivity index (χ0v) is 42.2. The topological polar surface area (TPSA) is 364 Å². The fourth-order valence-corrected chi connectivity index (χ4v) is 12.9. The van der Waals surface area contributed by atoms with E-state index in [0.29, 0.717) is 29.1 Å². The third-order valence-corrected chi connectivity index (χ3v) is 16.7. The van der Waals surface area contributed by atoms with Crippen LogP contribution >= 0.6 is 0 Å². The summed E-state index contributed by atoms with van der Waals surface area (Å²) in [7, 11) is 0. The van der Waals surface area contributed by atoms with E-state index in [9.17, 15) is 38.7 Å². The summed E-state index contributed by atoms with van der Waals surface area (Å²) in [4.78, 5) is 91.4. The number of rotatable bonds is 20. The molecule has 14 N–H and O–H groups in total. The number of carbonyl (C=O) groups excluding carboxylic acids is 7. The first kappa shape index (κ1) is 55.9. The summed E-state index contributed by atoms with van der Waals surface area (Å²) < 4.78 is 0. The van der Waals surface area contributed by atoms with Crippen LogP contribution in [0.1, 0.15) is 133 Å². The third kappa shape index (κ3) is 10.6. The summed E-state index contributed by atoms with van der Waals surface area (Å²) in [5.41, 5.74) is 33.7. The maximum absolute atomic E-state index is 13.5. The predicted octanol–water partition coefficient (Wildman–Crippen LogP) is 3.42. The van der Waals surface area contributed by atoms with Gasteiger partial charge in [-0.1, -0.05) is 53.6 Å². The zero-order chi connectivity index (χ0) is 50.4. The van der Waals surface area contributed by atoms with Gasteiger partial charge in [-0.2, -0.15) is 17.1 Å². The number of carbonyl (C=O) groups is 7. The Labute approximate surface area is 411 Å². The van der Waals surface area contributed by atoms with Crippen LogP contribution in [0.3, 0.4) is 0 Å². The first-order valence-corrected chi connectivity index (χ1v) is 23.6. The Balaban J connectivity index is 0.0000101. The molecule has 0 aliphatic carbocycles. The van der Waals surface area contributed by atoms with Crippen LogP contribution < -0.4 is 39.7 Å². The van der Waals surface area contributed by atoms with Gasteiger partial charge in [0.1, 0.15) is 0 Å². The van der Waals surface area contributed by atoms with Crippen molar-refractivity contribution in [3.05, 3.63) is 55.6 Å². The Morgan fingerprint density at radius 2 is 1.21 bits per heavy atom. The minimum Gasteiger partial charge on any atom is -0.683 e. The van der Waals surface area contributed by atoms with Crippen molar-refractivity contribution in [2.75, 3.05) is 6.54 Å². The molecular weight excluding hydrogens is 918 g/mol. The number of hydrogen-bond acceptors (Lipinski definition) is 8. The Kier molecular flexibility index (Phi) is 17.1. The minimum atomic E-state index is -1.36. The van der Waals surface area contributed by atoms with Crippen LogP contribution in [0.25, 0.3) is 21.3 Å². The van der Waals surface area contributed by atoms with Gasteiger partial charge < -0.3 is 66.1 Å². The van der Waals surface area contributed by atoms with Crippen LogP contribution in [0.5, 0.6) is 0 Å². The number of primary amides is 6. The molecule has 0 aromatic rings. The summed E-state index contributed by atoms with van der Waals surface area (Å²) in [6.45, 7) is 17.2. The van der Waals surface area contributed by atoms with E-state index in [1.807, 2.05) is 47.6 Å². The number of nitrogens with two attached hydrogens (primary N) is 6. The molecule has 0 aromatic carbocycles. The minimum absolute atomic E-state index is 0. The van der Waals surface area contributed by atoms with Crippen LogP contribution in [0, 0.1) is 45.3 Å². The van der Waals surface area contributed by atoms with Crippen LogP contribution in [0.2, 0.25) is 0 Å². The van der Waals surface area contributed by atoms with Crippen molar-refractivity contribution >= 4 is 41.4 Å². The normalized spacial score (nSPS) is 37.9. The van der Waals surface area contributed by atoms with E-state index in [0.717, 1.165) is 5.57 Å². The summed E-state index contributed by atoms with van der Waals surface area (Å²) in [5, 5.41) is 35.0. The van der Waals surface area contributed by atoms with Gasteiger partial charge in [0.25, 0.3) is 0 Å².